The molecule has 226 valence electrons. The highest BCUT2D eigenvalue weighted by Gasteiger charge is 2.15. The van der Waals surface area contributed by atoms with Crippen molar-refractivity contribution in [3.63, 3.8) is 0 Å². The summed E-state index contributed by atoms with van der Waals surface area (Å²) < 4.78 is 0. The van der Waals surface area contributed by atoms with Gasteiger partial charge < -0.3 is 0 Å². The average molecular weight is 617 g/mol. The summed E-state index contributed by atoms with van der Waals surface area (Å²) in [6.07, 6.45) is 7.37. The molecule has 0 amide bonds. The lowest BCUT2D eigenvalue weighted by Gasteiger charge is -2.12. The molecule has 0 aliphatic carbocycles. The topological polar surface area (TPSA) is 77.3 Å². The van der Waals surface area contributed by atoms with Gasteiger partial charge in [-0.2, -0.15) is 0 Å². The van der Waals surface area contributed by atoms with Crippen LogP contribution in [0.15, 0.2) is 170 Å². The summed E-state index contributed by atoms with van der Waals surface area (Å²) >= 11 is 0. The van der Waals surface area contributed by atoms with Crippen LogP contribution in [0.25, 0.3) is 78.9 Å². The first-order chi connectivity index (χ1) is 23.8. The first kappa shape index (κ1) is 28.8. The molecule has 8 aromatic rings. The fourth-order valence-corrected chi connectivity index (χ4v) is 5.65. The van der Waals surface area contributed by atoms with Gasteiger partial charge in [-0.1, -0.05) is 84.9 Å². The molecule has 48 heavy (non-hydrogen) atoms. The van der Waals surface area contributed by atoms with Gasteiger partial charge in [-0.15, -0.1) is 0 Å². The summed E-state index contributed by atoms with van der Waals surface area (Å²) in [5.41, 5.74) is 11.7. The van der Waals surface area contributed by atoms with Gasteiger partial charge in [0.1, 0.15) is 5.69 Å². The number of pyridine rings is 4. The van der Waals surface area contributed by atoms with Crippen LogP contribution in [-0.4, -0.2) is 29.9 Å². The van der Waals surface area contributed by atoms with E-state index >= 15 is 0 Å². The van der Waals surface area contributed by atoms with Crippen LogP contribution >= 0.6 is 0 Å². The maximum atomic E-state index is 5.09. The standard InChI is InChI=1S/C42H28N6/c1-3-11-29(12-4-1)31-17-19-38(45-27-31)41-26-40(47-42(48-41)39-20-18-32(28-46-39)30-13-5-2-6-14-30)35-24-33(36-15-7-9-21-43-36)23-34(25-35)37-16-8-10-22-44-37/h1-28H. The molecule has 0 unspecified atom stereocenters. The lowest BCUT2D eigenvalue weighted by Crippen LogP contribution is -1.99. The zero-order valence-corrected chi connectivity index (χ0v) is 25.8. The number of nitrogens with zero attached hydrogens (tertiary/aromatic N) is 6. The van der Waals surface area contributed by atoms with Crippen LogP contribution in [0.4, 0.5) is 0 Å². The maximum absolute atomic E-state index is 5.09. The monoisotopic (exact) mass is 616 g/mol. The van der Waals surface area contributed by atoms with E-state index in [9.17, 15) is 0 Å². The fraction of sp³-hybridized carbons (Fsp3) is 0. The van der Waals surface area contributed by atoms with Crippen molar-refractivity contribution in [2.75, 3.05) is 0 Å². The maximum Gasteiger partial charge on any atom is 0.179 e. The molecule has 6 nitrogen and oxygen atoms in total. The molecule has 0 radical (unpaired) electrons. The molecule has 0 aliphatic rings. The lowest BCUT2D eigenvalue weighted by atomic mass is 9.98. The van der Waals surface area contributed by atoms with Gasteiger partial charge in [0.25, 0.3) is 0 Å². The average Bonchev–Trinajstić information content (AvgIpc) is 3.19. The third-order valence-corrected chi connectivity index (χ3v) is 8.11. The van der Waals surface area contributed by atoms with E-state index in [4.69, 9.17) is 19.9 Å². The summed E-state index contributed by atoms with van der Waals surface area (Å²) in [5.74, 6) is 0.513. The number of hydrogen-bond acceptors (Lipinski definition) is 6. The Labute approximate surface area is 278 Å². The van der Waals surface area contributed by atoms with Crippen molar-refractivity contribution in [3.05, 3.63) is 170 Å². The van der Waals surface area contributed by atoms with Crippen LogP contribution in [0.5, 0.6) is 0 Å². The van der Waals surface area contributed by atoms with Crippen molar-refractivity contribution < 1.29 is 0 Å². The minimum absolute atomic E-state index is 0.513. The quantitative estimate of drug-likeness (QED) is 0.177. The van der Waals surface area contributed by atoms with Crippen LogP contribution in [0, 0.1) is 0 Å². The largest absolute Gasteiger partial charge is 0.256 e. The van der Waals surface area contributed by atoms with Crippen molar-refractivity contribution in [1.82, 2.24) is 29.9 Å². The van der Waals surface area contributed by atoms with Gasteiger partial charge in [0.15, 0.2) is 5.82 Å². The Bertz CT molecular complexity index is 2130. The molecule has 0 saturated heterocycles. The number of aromatic nitrogens is 6. The SMILES string of the molecule is c1ccc(-c2ccc(-c3cc(-c4cc(-c5ccccn5)cc(-c5ccccn5)c4)nc(-c4ccc(-c5ccccc5)cn4)n3)nc2)cc1. The highest BCUT2D eigenvalue weighted by molar-refractivity contribution is 5.80. The highest BCUT2D eigenvalue weighted by Crippen LogP contribution is 2.33. The fourth-order valence-electron chi connectivity index (χ4n) is 5.65. The molecule has 0 atom stereocenters. The van der Waals surface area contributed by atoms with Gasteiger partial charge in [-0.3, -0.25) is 19.9 Å². The van der Waals surface area contributed by atoms with Crippen molar-refractivity contribution >= 4 is 0 Å². The van der Waals surface area contributed by atoms with Gasteiger partial charge >= 0.3 is 0 Å². The molecule has 8 rings (SSSR count). The van der Waals surface area contributed by atoms with Crippen LogP contribution in [-0.2, 0) is 0 Å². The van der Waals surface area contributed by atoms with Crippen molar-refractivity contribution in [2.24, 2.45) is 0 Å². The summed E-state index contributed by atoms with van der Waals surface area (Å²) in [4.78, 5) is 29.0. The van der Waals surface area contributed by atoms with E-state index < -0.39 is 0 Å². The van der Waals surface area contributed by atoms with E-state index in [1.165, 1.54) is 0 Å². The molecular weight excluding hydrogens is 589 g/mol. The Balaban J connectivity index is 1.28. The minimum Gasteiger partial charge on any atom is -0.256 e. The minimum atomic E-state index is 0.513. The van der Waals surface area contributed by atoms with E-state index in [0.29, 0.717) is 17.2 Å². The number of hydrogen-bond donors (Lipinski definition) is 0. The Morgan fingerprint density at radius 2 is 0.750 bits per heavy atom. The third-order valence-electron chi connectivity index (χ3n) is 8.11. The smallest absolute Gasteiger partial charge is 0.179 e. The molecule has 0 saturated carbocycles. The first-order valence-corrected chi connectivity index (χ1v) is 15.7. The van der Waals surface area contributed by atoms with E-state index in [-0.39, 0.29) is 0 Å². The van der Waals surface area contributed by atoms with E-state index in [1.807, 2.05) is 103 Å². The van der Waals surface area contributed by atoms with Crippen LogP contribution in [0.2, 0.25) is 0 Å². The van der Waals surface area contributed by atoms with Crippen molar-refractivity contribution in [2.45, 2.75) is 0 Å². The van der Waals surface area contributed by atoms with Gasteiger partial charge in [0.2, 0.25) is 0 Å². The Hall–Kier alpha value is -6.66. The molecule has 0 fully saturated rings. The Morgan fingerprint density at radius 1 is 0.271 bits per heavy atom. The number of benzene rings is 3. The Kier molecular flexibility index (Phi) is 7.79. The summed E-state index contributed by atoms with van der Waals surface area (Å²) in [5, 5.41) is 0. The van der Waals surface area contributed by atoms with Gasteiger partial charge in [0, 0.05) is 52.6 Å². The summed E-state index contributed by atoms with van der Waals surface area (Å²) in [6, 6.07) is 48.7. The summed E-state index contributed by atoms with van der Waals surface area (Å²) in [7, 11) is 0. The molecule has 0 aliphatic heterocycles. The van der Waals surface area contributed by atoms with E-state index in [2.05, 4.69) is 64.6 Å². The number of rotatable bonds is 7. The van der Waals surface area contributed by atoms with Gasteiger partial charge in [-0.05, 0) is 71.8 Å². The molecule has 0 N–H and O–H groups in total. The highest BCUT2D eigenvalue weighted by atomic mass is 14.9. The lowest BCUT2D eigenvalue weighted by molar-refractivity contribution is 1.13. The second-order valence-corrected chi connectivity index (χ2v) is 11.3. The zero-order chi connectivity index (χ0) is 32.1. The van der Waals surface area contributed by atoms with Crippen molar-refractivity contribution in [3.8, 4) is 78.9 Å². The molecule has 6 heteroatoms. The Morgan fingerprint density at radius 3 is 1.23 bits per heavy atom. The predicted molar refractivity (Wildman–Crippen MR) is 191 cm³/mol. The van der Waals surface area contributed by atoms with Gasteiger partial charge in [0.05, 0.1) is 28.5 Å². The molecule has 0 bridgehead atoms. The second kappa shape index (κ2) is 13.0. The van der Waals surface area contributed by atoms with E-state index in [1.54, 1.807) is 12.4 Å². The van der Waals surface area contributed by atoms with Crippen molar-refractivity contribution in [1.29, 1.82) is 0 Å². The van der Waals surface area contributed by atoms with Crippen LogP contribution < -0.4 is 0 Å². The third kappa shape index (κ3) is 6.10. The van der Waals surface area contributed by atoms with Crippen LogP contribution in [0.1, 0.15) is 0 Å². The molecule has 0 spiro atoms. The molecule has 5 heterocycles. The summed E-state index contributed by atoms with van der Waals surface area (Å²) in [6.45, 7) is 0. The zero-order valence-electron chi connectivity index (χ0n) is 25.8. The van der Waals surface area contributed by atoms with E-state index in [0.717, 1.165) is 61.7 Å². The second-order valence-electron chi connectivity index (χ2n) is 11.3. The van der Waals surface area contributed by atoms with Gasteiger partial charge in [-0.25, -0.2) is 9.97 Å². The van der Waals surface area contributed by atoms with Crippen LogP contribution in [0.3, 0.4) is 0 Å². The molecule has 3 aromatic carbocycles. The first-order valence-electron chi connectivity index (χ1n) is 15.7. The molecular formula is C42H28N6. The normalized spacial score (nSPS) is 10.9. The predicted octanol–water partition coefficient (Wildman–Crippen LogP) is 9.73. The molecule has 5 aromatic heterocycles.